The number of hydrogen-bond donors (Lipinski definition) is 0. The number of benzene rings is 1. The molecule has 2 rings (SSSR count). The molecule has 0 bridgehead atoms. The first-order chi connectivity index (χ1) is 8.63. The van der Waals surface area contributed by atoms with Crippen molar-refractivity contribution in [2.24, 2.45) is 0 Å². The molecular formula is C14H20BrNO2. The molecule has 18 heavy (non-hydrogen) atoms. The van der Waals surface area contributed by atoms with Gasteiger partial charge in [0, 0.05) is 24.1 Å². The van der Waals surface area contributed by atoms with Crippen LogP contribution >= 0.6 is 15.9 Å². The molecule has 2 atom stereocenters. The van der Waals surface area contributed by atoms with Crippen LogP contribution in [0, 0.1) is 0 Å². The van der Waals surface area contributed by atoms with Crippen LogP contribution in [0.5, 0.6) is 5.75 Å². The predicted molar refractivity (Wildman–Crippen MR) is 76.1 cm³/mol. The van der Waals surface area contributed by atoms with Crippen molar-refractivity contribution in [3.8, 4) is 5.75 Å². The summed E-state index contributed by atoms with van der Waals surface area (Å²) >= 11 is 3.44. The van der Waals surface area contributed by atoms with E-state index in [4.69, 9.17) is 9.47 Å². The molecular weight excluding hydrogens is 294 g/mol. The van der Waals surface area contributed by atoms with E-state index in [0.717, 1.165) is 36.5 Å². The molecule has 100 valence electrons. The van der Waals surface area contributed by atoms with Gasteiger partial charge in [0.25, 0.3) is 0 Å². The monoisotopic (exact) mass is 313 g/mol. The van der Waals surface area contributed by atoms with Crippen LogP contribution in [-0.2, 0) is 4.74 Å². The lowest BCUT2D eigenvalue weighted by atomic mass is 10.2. The van der Waals surface area contributed by atoms with Gasteiger partial charge < -0.3 is 9.47 Å². The van der Waals surface area contributed by atoms with Crippen molar-refractivity contribution in [2.45, 2.75) is 26.1 Å². The summed E-state index contributed by atoms with van der Waals surface area (Å²) in [6, 6.07) is 7.95. The van der Waals surface area contributed by atoms with E-state index in [1.807, 2.05) is 24.3 Å². The molecule has 1 aliphatic rings. The molecule has 0 saturated carbocycles. The molecule has 0 radical (unpaired) electrons. The fourth-order valence-electron chi connectivity index (χ4n) is 2.32. The number of ether oxygens (including phenoxy) is 2. The van der Waals surface area contributed by atoms with Gasteiger partial charge in [0.05, 0.1) is 12.2 Å². The van der Waals surface area contributed by atoms with E-state index in [2.05, 4.69) is 34.7 Å². The summed E-state index contributed by atoms with van der Waals surface area (Å²) < 4.78 is 12.5. The van der Waals surface area contributed by atoms with Gasteiger partial charge in [0.2, 0.25) is 0 Å². The van der Waals surface area contributed by atoms with Crippen molar-refractivity contribution < 1.29 is 9.47 Å². The lowest BCUT2D eigenvalue weighted by Crippen LogP contribution is -2.46. The number of halogens is 1. The molecule has 1 aliphatic heterocycles. The van der Waals surface area contributed by atoms with E-state index in [-0.39, 0.29) is 0 Å². The van der Waals surface area contributed by atoms with Gasteiger partial charge in [-0.2, -0.15) is 0 Å². The second-order valence-electron chi connectivity index (χ2n) is 4.82. The Balaban J connectivity index is 1.75. The first-order valence-electron chi connectivity index (χ1n) is 6.39. The van der Waals surface area contributed by atoms with Crippen LogP contribution in [0.2, 0.25) is 0 Å². The first-order valence-corrected chi connectivity index (χ1v) is 7.19. The molecule has 4 heteroatoms. The highest BCUT2D eigenvalue weighted by molar-refractivity contribution is 9.10. The van der Waals surface area contributed by atoms with Gasteiger partial charge in [-0.05, 0) is 32.0 Å². The zero-order chi connectivity index (χ0) is 13.0. The highest BCUT2D eigenvalue weighted by atomic mass is 79.9. The van der Waals surface area contributed by atoms with Gasteiger partial charge >= 0.3 is 0 Å². The Morgan fingerprint density at radius 3 is 2.72 bits per heavy atom. The van der Waals surface area contributed by atoms with Gasteiger partial charge in [-0.25, -0.2) is 0 Å². The number of hydrogen-bond acceptors (Lipinski definition) is 3. The van der Waals surface area contributed by atoms with Crippen LogP contribution in [0.1, 0.15) is 13.8 Å². The van der Waals surface area contributed by atoms with Gasteiger partial charge in [-0.1, -0.05) is 22.0 Å². The molecule has 1 heterocycles. The quantitative estimate of drug-likeness (QED) is 0.853. The summed E-state index contributed by atoms with van der Waals surface area (Å²) in [4.78, 5) is 2.40. The SMILES string of the molecule is CC1CN(CCOc2cccc(Br)c2)CC(C)O1. The third kappa shape index (κ3) is 4.26. The van der Waals surface area contributed by atoms with E-state index in [1.54, 1.807) is 0 Å². The summed E-state index contributed by atoms with van der Waals surface area (Å²) in [5.41, 5.74) is 0. The third-order valence-corrected chi connectivity index (χ3v) is 3.46. The maximum atomic E-state index is 5.75. The highest BCUT2D eigenvalue weighted by Gasteiger charge is 2.21. The first kappa shape index (κ1) is 13.8. The number of nitrogens with zero attached hydrogens (tertiary/aromatic N) is 1. The predicted octanol–water partition coefficient (Wildman–Crippen LogP) is 2.94. The molecule has 0 aliphatic carbocycles. The van der Waals surface area contributed by atoms with Crippen molar-refractivity contribution in [1.82, 2.24) is 4.90 Å². The highest BCUT2D eigenvalue weighted by Crippen LogP contribution is 2.18. The Bertz CT molecular complexity index is 376. The zero-order valence-corrected chi connectivity index (χ0v) is 12.5. The normalized spacial score (nSPS) is 25.1. The third-order valence-electron chi connectivity index (χ3n) is 2.97. The van der Waals surface area contributed by atoms with Crippen LogP contribution in [-0.4, -0.2) is 43.3 Å². The van der Waals surface area contributed by atoms with Crippen LogP contribution in [0.15, 0.2) is 28.7 Å². The smallest absolute Gasteiger partial charge is 0.120 e. The Hall–Kier alpha value is -0.580. The molecule has 0 aromatic heterocycles. The molecule has 0 N–H and O–H groups in total. The lowest BCUT2D eigenvalue weighted by molar-refractivity contribution is -0.0699. The standard InChI is InChI=1S/C14H20BrNO2/c1-11-9-16(10-12(2)18-11)6-7-17-14-5-3-4-13(15)8-14/h3-5,8,11-12H,6-7,9-10H2,1-2H3. The number of morpholine rings is 1. The zero-order valence-electron chi connectivity index (χ0n) is 10.9. The van der Waals surface area contributed by atoms with E-state index in [9.17, 15) is 0 Å². The molecule has 0 spiro atoms. The summed E-state index contributed by atoms with van der Waals surface area (Å²) in [5.74, 6) is 0.915. The Labute approximate surface area is 117 Å². The van der Waals surface area contributed by atoms with E-state index < -0.39 is 0 Å². The average molecular weight is 314 g/mol. The van der Waals surface area contributed by atoms with Gasteiger partial charge in [0.1, 0.15) is 12.4 Å². The molecule has 1 saturated heterocycles. The van der Waals surface area contributed by atoms with Gasteiger partial charge in [-0.15, -0.1) is 0 Å². The van der Waals surface area contributed by atoms with Crippen molar-refractivity contribution in [3.63, 3.8) is 0 Å². The maximum Gasteiger partial charge on any atom is 0.120 e. The maximum absolute atomic E-state index is 5.75. The minimum absolute atomic E-state index is 0.319. The van der Waals surface area contributed by atoms with Crippen molar-refractivity contribution >= 4 is 15.9 Å². The molecule has 1 fully saturated rings. The van der Waals surface area contributed by atoms with E-state index in [1.165, 1.54) is 0 Å². The van der Waals surface area contributed by atoms with Gasteiger partial charge in [-0.3, -0.25) is 4.90 Å². The Morgan fingerprint density at radius 2 is 2.06 bits per heavy atom. The Kier molecular flexibility index (Phi) is 5.03. The van der Waals surface area contributed by atoms with E-state index >= 15 is 0 Å². The molecule has 1 aromatic carbocycles. The molecule has 2 unspecified atom stereocenters. The topological polar surface area (TPSA) is 21.7 Å². The van der Waals surface area contributed by atoms with Crippen LogP contribution in [0.3, 0.4) is 0 Å². The van der Waals surface area contributed by atoms with E-state index in [0.29, 0.717) is 12.2 Å². The minimum Gasteiger partial charge on any atom is -0.492 e. The number of rotatable bonds is 4. The average Bonchev–Trinajstić information content (AvgIpc) is 2.27. The second kappa shape index (κ2) is 6.55. The second-order valence-corrected chi connectivity index (χ2v) is 5.74. The van der Waals surface area contributed by atoms with Crippen LogP contribution in [0.25, 0.3) is 0 Å². The summed E-state index contributed by atoms with van der Waals surface area (Å²) in [7, 11) is 0. The summed E-state index contributed by atoms with van der Waals surface area (Å²) in [6.45, 7) is 7.90. The Morgan fingerprint density at radius 1 is 1.33 bits per heavy atom. The molecule has 0 amide bonds. The van der Waals surface area contributed by atoms with Crippen LogP contribution in [0.4, 0.5) is 0 Å². The van der Waals surface area contributed by atoms with Crippen molar-refractivity contribution in [2.75, 3.05) is 26.2 Å². The largest absolute Gasteiger partial charge is 0.492 e. The van der Waals surface area contributed by atoms with Crippen molar-refractivity contribution in [1.29, 1.82) is 0 Å². The summed E-state index contributed by atoms with van der Waals surface area (Å²) in [5, 5.41) is 0. The van der Waals surface area contributed by atoms with Crippen LogP contribution < -0.4 is 4.74 Å². The lowest BCUT2D eigenvalue weighted by Gasteiger charge is -2.35. The molecule has 1 aromatic rings. The molecule has 3 nitrogen and oxygen atoms in total. The summed E-state index contributed by atoms with van der Waals surface area (Å²) in [6.07, 6.45) is 0.638. The minimum atomic E-state index is 0.319. The fourth-order valence-corrected chi connectivity index (χ4v) is 2.69. The van der Waals surface area contributed by atoms with Gasteiger partial charge in [0.15, 0.2) is 0 Å². The van der Waals surface area contributed by atoms with Crippen molar-refractivity contribution in [3.05, 3.63) is 28.7 Å². The fraction of sp³-hybridized carbons (Fsp3) is 0.571.